The second-order valence-corrected chi connectivity index (χ2v) is 12.0. The van der Waals surface area contributed by atoms with Crippen LogP contribution in [0.4, 0.5) is 5.95 Å². The summed E-state index contributed by atoms with van der Waals surface area (Å²) in [7, 11) is -3.76. The van der Waals surface area contributed by atoms with E-state index >= 15 is 0 Å². The van der Waals surface area contributed by atoms with E-state index in [9.17, 15) is 24.1 Å². The lowest BCUT2D eigenvalue weighted by Gasteiger charge is -2.24. The molecule has 1 saturated heterocycles. The van der Waals surface area contributed by atoms with Gasteiger partial charge in [0.15, 0.2) is 17.4 Å². The molecule has 41 heavy (non-hydrogen) atoms. The first kappa shape index (κ1) is 32.4. The van der Waals surface area contributed by atoms with Gasteiger partial charge < -0.3 is 25.1 Å². The Labute approximate surface area is 237 Å². The second-order valence-electron chi connectivity index (χ2n) is 9.89. The maximum Gasteiger partial charge on any atom is 0.323 e. The Balaban J connectivity index is 1.77. The number of aliphatic hydroxyl groups excluding tert-OH is 1. The first-order valence-electron chi connectivity index (χ1n) is 13.7. The highest BCUT2D eigenvalue weighted by atomic mass is 31.2. The Hall–Kier alpha value is -3.10. The molecule has 0 aliphatic carbocycles. The van der Waals surface area contributed by atoms with E-state index in [2.05, 4.69) is 25.1 Å². The predicted octanol–water partition coefficient (Wildman–Crippen LogP) is 1.70. The molecule has 1 fully saturated rings. The van der Waals surface area contributed by atoms with Crippen LogP contribution < -0.4 is 21.5 Å². The molecule has 1 unspecified atom stereocenters. The fraction of sp³-hybridized carbons (Fsp3) is 0.640. The molecule has 6 atom stereocenters. The number of aliphatic hydroxyl groups is 1. The number of fused-ring (bicyclic) bond motifs is 1. The van der Waals surface area contributed by atoms with Gasteiger partial charge in [0, 0.05) is 12.2 Å². The van der Waals surface area contributed by atoms with Crippen molar-refractivity contribution in [2.24, 2.45) is 0 Å². The van der Waals surface area contributed by atoms with Crippen LogP contribution >= 0.6 is 7.44 Å². The van der Waals surface area contributed by atoms with Crippen LogP contribution in [0.2, 0.25) is 0 Å². The van der Waals surface area contributed by atoms with Crippen molar-refractivity contribution in [3.63, 3.8) is 0 Å². The van der Waals surface area contributed by atoms with Crippen LogP contribution in [-0.4, -0.2) is 74.1 Å². The molecule has 15 nitrogen and oxygen atoms in total. The van der Waals surface area contributed by atoms with Gasteiger partial charge in [-0.1, -0.05) is 26.7 Å². The summed E-state index contributed by atoms with van der Waals surface area (Å²) in [6, 6.07) is -1.93. The lowest BCUT2D eigenvalue weighted by Crippen LogP contribution is -2.41. The Morgan fingerprint density at radius 2 is 1.80 bits per heavy atom. The Bertz CT molecular complexity index is 1290. The third-order valence-corrected chi connectivity index (χ3v) is 8.45. The van der Waals surface area contributed by atoms with Gasteiger partial charge in [0.25, 0.3) is 5.56 Å². The van der Waals surface area contributed by atoms with Crippen LogP contribution in [0.1, 0.15) is 66.0 Å². The summed E-state index contributed by atoms with van der Waals surface area (Å²) < 4.78 is 31.8. The van der Waals surface area contributed by atoms with E-state index in [-0.39, 0.29) is 36.7 Å². The topological polar surface area (TPSA) is 213 Å². The van der Waals surface area contributed by atoms with Crippen LogP contribution in [0.25, 0.3) is 11.2 Å². The number of hydrogen-bond donors (Lipinski definition) is 5. The lowest BCUT2D eigenvalue weighted by molar-refractivity contribution is -0.145. The lowest BCUT2D eigenvalue weighted by atomic mass is 10.2. The Kier molecular flexibility index (Phi) is 11.6. The minimum atomic E-state index is -3.76. The smallest absolute Gasteiger partial charge is 0.323 e. The molecule has 0 amide bonds. The van der Waals surface area contributed by atoms with Crippen molar-refractivity contribution in [2.45, 2.75) is 90.3 Å². The number of H-pyrrole nitrogens is 1. The van der Waals surface area contributed by atoms with Crippen molar-refractivity contribution in [2.75, 3.05) is 18.9 Å². The number of nitrogens with one attached hydrogen (secondary N) is 3. The van der Waals surface area contributed by atoms with Crippen molar-refractivity contribution < 1.29 is 33.5 Å². The summed E-state index contributed by atoms with van der Waals surface area (Å²) in [5.41, 5.74) is 5.31. The van der Waals surface area contributed by atoms with Gasteiger partial charge in [0.1, 0.15) is 18.2 Å². The zero-order valence-corrected chi connectivity index (χ0v) is 24.6. The zero-order valence-electron chi connectivity index (χ0n) is 23.7. The highest BCUT2D eigenvalue weighted by Gasteiger charge is 2.36. The molecule has 2 aromatic rings. The predicted molar refractivity (Wildman–Crippen MR) is 151 cm³/mol. The van der Waals surface area contributed by atoms with Crippen LogP contribution in [0.3, 0.4) is 0 Å². The van der Waals surface area contributed by atoms with Crippen molar-refractivity contribution >= 4 is 36.5 Å². The average Bonchev–Trinajstić information content (AvgIpc) is 3.50. The van der Waals surface area contributed by atoms with Gasteiger partial charge in [0.2, 0.25) is 13.4 Å². The summed E-state index contributed by atoms with van der Waals surface area (Å²) >= 11 is 0. The molecule has 228 valence electrons. The van der Waals surface area contributed by atoms with Crippen molar-refractivity contribution in [1.29, 1.82) is 0 Å². The van der Waals surface area contributed by atoms with Crippen molar-refractivity contribution in [3.05, 3.63) is 28.6 Å². The van der Waals surface area contributed by atoms with E-state index < -0.39 is 55.5 Å². The number of esters is 2. The number of nitrogen functional groups attached to an aromatic ring is 1. The Morgan fingerprint density at radius 1 is 1.22 bits per heavy atom. The molecule has 0 bridgehead atoms. The van der Waals surface area contributed by atoms with E-state index in [0.717, 1.165) is 12.8 Å². The molecular formula is C25H40N7O8P. The van der Waals surface area contributed by atoms with Crippen LogP contribution in [0, 0.1) is 0 Å². The number of anilines is 1. The number of aromatic amines is 1. The van der Waals surface area contributed by atoms with Gasteiger partial charge in [-0.25, -0.2) is 15.2 Å². The molecule has 6 N–H and O–H groups in total. The summed E-state index contributed by atoms with van der Waals surface area (Å²) in [6.45, 7) is 7.42. The minimum absolute atomic E-state index is 0.0338. The number of imidazole rings is 1. The largest absolute Gasteiger partial charge is 0.465 e. The van der Waals surface area contributed by atoms with Gasteiger partial charge >= 0.3 is 11.9 Å². The highest BCUT2D eigenvalue weighted by Crippen LogP contribution is 2.41. The molecule has 2 aromatic heterocycles. The van der Waals surface area contributed by atoms with E-state index in [1.54, 1.807) is 0 Å². The summed E-state index contributed by atoms with van der Waals surface area (Å²) in [5, 5.41) is 16.3. The number of nitrogens with two attached hydrogens (primary N) is 1. The van der Waals surface area contributed by atoms with E-state index in [1.165, 1.54) is 36.6 Å². The SMILES string of the molecule is CCCCOC(=O)[C@H](C)NP(=O)(/C=C/[C@@H]1C[C@@H](O)[C@H](n2cnc3c(=O)[nH]c(N)nc32)O1)N[C@H](C)C(=O)OCCCC. The standard InChI is InChI=1S/C25H40N7O8P/c1-5-7-10-38-23(35)15(3)30-41(37,31-16(4)24(36)39-11-8-6-2)12-9-17-13-18(33)22(40-17)32-14-27-19-20(32)28-25(26)29-21(19)34/h9,12,14-18,22,33H,5-8,10-11,13H2,1-4H3,(H2,30,31,37)(H3,26,28,29,34)/b12-9+/t15-,16+,17-,18-,22-,41?/m1/s1. The number of rotatable bonds is 15. The Morgan fingerprint density at radius 3 is 2.37 bits per heavy atom. The molecule has 0 aromatic carbocycles. The normalized spacial score (nSPS) is 22.0. The first-order chi connectivity index (χ1) is 19.5. The first-order valence-corrected chi connectivity index (χ1v) is 15.5. The third-order valence-electron chi connectivity index (χ3n) is 6.32. The third kappa shape index (κ3) is 8.69. The number of unbranched alkanes of at least 4 members (excludes halogenated alkanes) is 2. The molecule has 0 radical (unpaired) electrons. The van der Waals surface area contributed by atoms with Crippen LogP contribution in [-0.2, 0) is 28.4 Å². The number of nitrogens with zero attached hydrogens (tertiary/aromatic N) is 3. The molecular weight excluding hydrogens is 557 g/mol. The molecule has 0 saturated carbocycles. The fourth-order valence-electron chi connectivity index (χ4n) is 4.09. The zero-order chi connectivity index (χ0) is 30.2. The van der Waals surface area contributed by atoms with Gasteiger partial charge in [-0.3, -0.25) is 28.5 Å². The number of carbonyl (C=O) groups excluding carboxylic acids is 2. The molecule has 16 heteroatoms. The van der Waals surface area contributed by atoms with Crippen LogP contribution in [0.5, 0.6) is 0 Å². The van der Waals surface area contributed by atoms with E-state index in [4.69, 9.17) is 19.9 Å². The van der Waals surface area contributed by atoms with Gasteiger partial charge in [-0.2, -0.15) is 4.98 Å². The fourth-order valence-corrected chi connectivity index (χ4v) is 6.13. The summed E-state index contributed by atoms with van der Waals surface area (Å²) in [4.78, 5) is 47.6. The monoisotopic (exact) mass is 597 g/mol. The molecule has 3 rings (SSSR count). The second kappa shape index (κ2) is 14.7. The molecule has 0 spiro atoms. The van der Waals surface area contributed by atoms with Crippen molar-refractivity contribution in [3.8, 4) is 0 Å². The quantitative estimate of drug-likeness (QED) is 0.112. The van der Waals surface area contributed by atoms with Gasteiger partial charge in [0.05, 0.1) is 25.6 Å². The molecule has 1 aliphatic rings. The molecule has 3 heterocycles. The average molecular weight is 598 g/mol. The maximum atomic E-state index is 14.0. The summed E-state index contributed by atoms with van der Waals surface area (Å²) in [6.07, 6.45) is 3.29. The number of aromatic nitrogens is 4. The number of ether oxygens (including phenoxy) is 3. The number of hydrogen-bond acceptors (Lipinski definition) is 11. The summed E-state index contributed by atoms with van der Waals surface area (Å²) in [5.74, 6) is 0.00325. The highest BCUT2D eigenvalue weighted by molar-refractivity contribution is 7.63. The van der Waals surface area contributed by atoms with E-state index in [0.29, 0.717) is 12.8 Å². The molecule has 1 aliphatic heterocycles. The van der Waals surface area contributed by atoms with Crippen molar-refractivity contribution in [1.82, 2.24) is 29.7 Å². The maximum absolute atomic E-state index is 14.0. The van der Waals surface area contributed by atoms with Crippen LogP contribution in [0.15, 0.2) is 23.0 Å². The van der Waals surface area contributed by atoms with Gasteiger partial charge in [-0.15, -0.1) is 0 Å². The minimum Gasteiger partial charge on any atom is -0.465 e. The van der Waals surface area contributed by atoms with Gasteiger partial charge in [-0.05, 0) is 32.8 Å². The van der Waals surface area contributed by atoms with E-state index in [1.807, 2.05) is 13.8 Å². The number of carbonyl (C=O) groups is 2.